The van der Waals surface area contributed by atoms with E-state index in [4.69, 9.17) is 4.74 Å². The smallest absolute Gasteiger partial charge is 0.332 e. The zero-order valence-electron chi connectivity index (χ0n) is 14.4. The number of likely N-dealkylation sites (tertiary alicyclic amines) is 1. The topological polar surface area (TPSA) is 66.8 Å². The van der Waals surface area contributed by atoms with Gasteiger partial charge in [-0.3, -0.25) is 4.79 Å². The van der Waals surface area contributed by atoms with Crippen molar-refractivity contribution in [2.24, 2.45) is 11.8 Å². The fourth-order valence-electron chi connectivity index (χ4n) is 3.58. The monoisotopic (exact) mass is 341 g/mol. The zero-order chi connectivity index (χ0) is 17.8. The number of rotatable bonds is 5. The number of carboxylic acids is 1. The van der Waals surface area contributed by atoms with Crippen LogP contribution < -0.4 is 4.74 Å². The summed E-state index contributed by atoms with van der Waals surface area (Å²) in [4.78, 5) is 26.0. The van der Waals surface area contributed by atoms with Crippen molar-refractivity contribution < 1.29 is 19.4 Å². The van der Waals surface area contributed by atoms with E-state index in [-0.39, 0.29) is 17.9 Å². The molecule has 5 heteroatoms. The van der Waals surface area contributed by atoms with Gasteiger partial charge in [0, 0.05) is 18.7 Å². The molecule has 2 aliphatic rings. The van der Waals surface area contributed by atoms with Crippen LogP contribution in [0.3, 0.4) is 0 Å². The molecule has 0 aromatic heterocycles. The Hall–Kier alpha value is -2.56. The number of benzene rings is 1. The molecule has 1 heterocycles. The van der Waals surface area contributed by atoms with Gasteiger partial charge < -0.3 is 14.7 Å². The Bertz CT molecular complexity index is 689. The molecule has 25 heavy (non-hydrogen) atoms. The van der Waals surface area contributed by atoms with Gasteiger partial charge in [-0.1, -0.05) is 24.3 Å². The Morgan fingerprint density at radius 3 is 2.28 bits per heavy atom. The van der Waals surface area contributed by atoms with E-state index < -0.39 is 5.97 Å². The highest BCUT2D eigenvalue weighted by molar-refractivity contribution is 5.98. The van der Waals surface area contributed by atoms with Crippen molar-refractivity contribution in [2.75, 3.05) is 20.2 Å². The van der Waals surface area contributed by atoms with E-state index in [0.29, 0.717) is 17.6 Å². The third-order valence-corrected chi connectivity index (χ3v) is 5.05. The number of carbonyl (C=O) groups is 2. The van der Waals surface area contributed by atoms with E-state index in [1.54, 1.807) is 37.5 Å². The molecule has 1 aromatic rings. The second-order valence-corrected chi connectivity index (χ2v) is 6.69. The second-order valence-electron chi connectivity index (χ2n) is 6.69. The number of carboxylic acid groups (broad SMARTS) is 1. The quantitative estimate of drug-likeness (QED) is 0.660. The fourth-order valence-corrected chi connectivity index (χ4v) is 3.58. The van der Waals surface area contributed by atoms with Gasteiger partial charge in [-0.05, 0) is 48.4 Å². The summed E-state index contributed by atoms with van der Waals surface area (Å²) in [7, 11) is 1.58. The molecule has 5 nitrogen and oxygen atoms in total. The van der Waals surface area contributed by atoms with Crippen LogP contribution in [0.4, 0.5) is 0 Å². The van der Waals surface area contributed by atoms with Crippen LogP contribution in [-0.4, -0.2) is 42.1 Å². The van der Waals surface area contributed by atoms with Crippen LogP contribution in [0.5, 0.6) is 5.75 Å². The first-order valence-electron chi connectivity index (χ1n) is 8.57. The lowest BCUT2D eigenvalue weighted by Crippen LogP contribution is -2.29. The third kappa shape index (κ3) is 4.10. The average Bonchev–Trinajstić information content (AvgIpc) is 3.06. The van der Waals surface area contributed by atoms with E-state index in [0.717, 1.165) is 31.5 Å². The summed E-state index contributed by atoms with van der Waals surface area (Å²) in [6, 6.07) is 7.10. The number of nitrogens with zero attached hydrogens (tertiary/aromatic N) is 1. The number of carbonyl (C=O) groups excluding carboxylic acids is 1. The van der Waals surface area contributed by atoms with Gasteiger partial charge in [0.15, 0.2) is 0 Å². The van der Waals surface area contributed by atoms with E-state index in [1.165, 1.54) is 0 Å². The molecule has 2 unspecified atom stereocenters. The molecule has 0 bridgehead atoms. The Morgan fingerprint density at radius 2 is 1.76 bits per heavy atom. The summed E-state index contributed by atoms with van der Waals surface area (Å²) in [5, 5.41) is 9.46. The van der Waals surface area contributed by atoms with Crippen molar-refractivity contribution >= 4 is 18.0 Å². The number of amides is 1. The van der Waals surface area contributed by atoms with Gasteiger partial charge in [0.05, 0.1) is 13.5 Å². The lowest BCUT2D eigenvalue weighted by atomic mass is 9.86. The van der Waals surface area contributed by atoms with Gasteiger partial charge in [0.1, 0.15) is 5.75 Å². The summed E-state index contributed by atoms with van der Waals surface area (Å²) < 4.78 is 5.10. The third-order valence-electron chi connectivity index (χ3n) is 5.05. The first-order valence-corrected chi connectivity index (χ1v) is 8.57. The Labute approximate surface area is 147 Å². The molecule has 1 N–H and O–H groups in total. The van der Waals surface area contributed by atoms with Crippen molar-refractivity contribution in [1.82, 2.24) is 4.90 Å². The predicted molar refractivity (Wildman–Crippen MR) is 95.2 cm³/mol. The van der Waals surface area contributed by atoms with Crippen molar-refractivity contribution in [3.8, 4) is 5.75 Å². The highest BCUT2D eigenvalue weighted by atomic mass is 16.5. The summed E-state index contributed by atoms with van der Waals surface area (Å²) in [6.45, 7) is 1.48. The van der Waals surface area contributed by atoms with Crippen molar-refractivity contribution in [3.63, 3.8) is 0 Å². The first-order chi connectivity index (χ1) is 12.1. The van der Waals surface area contributed by atoms with Gasteiger partial charge in [-0.2, -0.15) is 0 Å². The molecule has 0 saturated carbocycles. The lowest BCUT2D eigenvalue weighted by Gasteiger charge is -2.17. The zero-order valence-corrected chi connectivity index (χ0v) is 14.4. The van der Waals surface area contributed by atoms with Gasteiger partial charge in [0.2, 0.25) is 5.91 Å². The summed E-state index contributed by atoms with van der Waals surface area (Å²) >= 11 is 0. The SMILES string of the molecule is COc1ccc(C=C(CC(=O)N2CC3CC=CCC3C2)C(=O)O)cc1. The number of methoxy groups -OCH3 is 1. The minimum atomic E-state index is -1.05. The number of aliphatic carboxylic acids is 1. The maximum absolute atomic E-state index is 12.6. The summed E-state index contributed by atoms with van der Waals surface area (Å²) in [5.41, 5.74) is 0.855. The molecule has 1 aliphatic heterocycles. The van der Waals surface area contributed by atoms with Gasteiger partial charge in [-0.15, -0.1) is 0 Å². The predicted octanol–water partition coefficient (Wildman–Crippen LogP) is 2.98. The maximum atomic E-state index is 12.6. The number of hydrogen-bond acceptors (Lipinski definition) is 3. The fraction of sp³-hybridized carbons (Fsp3) is 0.400. The lowest BCUT2D eigenvalue weighted by molar-refractivity contribution is -0.136. The van der Waals surface area contributed by atoms with E-state index in [1.807, 2.05) is 4.90 Å². The van der Waals surface area contributed by atoms with Gasteiger partial charge in [-0.25, -0.2) is 4.79 Å². The summed E-state index contributed by atoms with van der Waals surface area (Å²) in [5.74, 6) is 0.595. The molecular formula is C20H23NO4. The number of allylic oxidation sites excluding steroid dienone is 2. The molecule has 1 aliphatic carbocycles. The average molecular weight is 341 g/mol. The number of fused-ring (bicyclic) bond motifs is 1. The van der Waals surface area contributed by atoms with Gasteiger partial charge >= 0.3 is 5.97 Å². The number of ether oxygens (including phenoxy) is 1. The minimum absolute atomic E-state index is 0.0752. The molecule has 0 radical (unpaired) electrons. The summed E-state index contributed by atoms with van der Waals surface area (Å²) in [6.07, 6.45) is 7.88. The van der Waals surface area contributed by atoms with Crippen molar-refractivity contribution in [3.05, 3.63) is 47.6 Å². The Morgan fingerprint density at radius 1 is 1.16 bits per heavy atom. The van der Waals surface area contributed by atoms with Crippen LogP contribution in [0.15, 0.2) is 42.0 Å². The molecule has 3 rings (SSSR count). The largest absolute Gasteiger partial charge is 0.497 e. The van der Waals surface area contributed by atoms with E-state index in [2.05, 4.69) is 12.2 Å². The highest BCUT2D eigenvalue weighted by Crippen LogP contribution is 2.33. The normalized spacial score (nSPS) is 22.6. The molecule has 1 amide bonds. The van der Waals surface area contributed by atoms with Crippen LogP contribution in [0, 0.1) is 11.8 Å². The van der Waals surface area contributed by atoms with Crippen molar-refractivity contribution in [1.29, 1.82) is 0 Å². The highest BCUT2D eigenvalue weighted by Gasteiger charge is 2.35. The Kier molecular flexibility index (Phi) is 5.22. The maximum Gasteiger partial charge on any atom is 0.332 e. The molecule has 132 valence electrons. The van der Waals surface area contributed by atoms with Crippen LogP contribution in [0.1, 0.15) is 24.8 Å². The molecule has 1 fully saturated rings. The first kappa shape index (κ1) is 17.3. The van der Waals surface area contributed by atoms with E-state index in [9.17, 15) is 14.7 Å². The van der Waals surface area contributed by atoms with Crippen LogP contribution in [-0.2, 0) is 9.59 Å². The molecular weight excluding hydrogens is 318 g/mol. The second kappa shape index (κ2) is 7.55. The van der Waals surface area contributed by atoms with Crippen molar-refractivity contribution in [2.45, 2.75) is 19.3 Å². The molecule has 0 spiro atoms. The standard InChI is InChI=1S/C20H23NO4/c1-25-18-8-6-14(7-9-18)10-17(20(23)24)11-19(22)21-12-15-4-2-3-5-16(15)13-21/h2-3,6-10,15-16H,4-5,11-13H2,1H3,(H,23,24). The molecule has 1 saturated heterocycles. The Balaban J connectivity index is 1.68. The van der Waals surface area contributed by atoms with E-state index >= 15 is 0 Å². The van der Waals surface area contributed by atoms with Crippen LogP contribution in [0.2, 0.25) is 0 Å². The van der Waals surface area contributed by atoms with Gasteiger partial charge in [0.25, 0.3) is 0 Å². The molecule has 1 aromatic carbocycles. The number of hydrogen-bond donors (Lipinski definition) is 1. The van der Waals surface area contributed by atoms with Crippen LogP contribution in [0.25, 0.3) is 6.08 Å². The van der Waals surface area contributed by atoms with Crippen LogP contribution >= 0.6 is 0 Å². The minimum Gasteiger partial charge on any atom is -0.497 e. The molecule has 2 atom stereocenters.